The molecule has 1 N–H and O–H groups in total. The zero-order valence-electron chi connectivity index (χ0n) is 18.0. The van der Waals surface area contributed by atoms with Crippen molar-refractivity contribution in [1.29, 1.82) is 0 Å². The molecule has 172 valence electrons. The van der Waals surface area contributed by atoms with Gasteiger partial charge in [0.2, 0.25) is 11.7 Å². The minimum Gasteiger partial charge on any atom is -0.497 e. The van der Waals surface area contributed by atoms with E-state index in [-0.39, 0.29) is 5.56 Å². The molecule has 34 heavy (non-hydrogen) atoms. The van der Waals surface area contributed by atoms with E-state index >= 15 is 0 Å². The number of fused-ring (bicyclic) bond motifs is 1. The Morgan fingerprint density at radius 1 is 1.12 bits per heavy atom. The molecule has 3 heterocycles. The highest BCUT2D eigenvalue weighted by Gasteiger charge is 2.18. The Morgan fingerprint density at radius 2 is 1.94 bits per heavy atom. The smallest absolute Gasteiger partial charge is 0.269 e. The first-order chi connectivity index (χ1) is 16.6. The summed E-state index contributed by atoms with van der Waals surface area (Å²) >= 11 is 7.58. The van der Waals surface area contributed by atoms with Crippen molar-refractivity contribution in [2.24, 2.45) is 0 Å². The summed E-state index contributed by atoms with van der Waals surface area (Å²) in [5.41, 5.74) is 1.43. The molecule has 0 amide bonds. The van der Waals surface area contributed by atoms with Gasteiger partial charge in [0.1, 0.15) is 16.9 Å². The lowest BCUT2D eigenvalue weighted by Crippen LogP contribution is -2.21. The normalized spacial score (nSPS) is 11.1. The highest BCUT2D eigenvalue weighted by atomic mass is 35.5. The third-order valence-corrected chi connectivity index (χ3v) is 6.20. The molecule has 0 saturated heterocycles. The van der Waals surface area contributed by atoms with E-state index < -0.39 is 0 Å². The number of rotatable bonds is 7. The number of ether oxygens (including phenoxy) is 2. The largest absolute Gasteiger partial charge is 0.497 e. The number of halogens is 1. The summed E-state index contributed by atoms with van der Waals surface area (Å²) in [7, 11) is 3.13. The molecule has 0 fully saturated rings. The van der Waals surface area contributed by atoms with Gasteiger partial charge in [0, 0.05) is 5.56 Å². The SMILES string of the molecule is COc1ccc(-c2noc(CSc3nc4[nH]ncc4c(=O)n3-c3ccc(OC)c(Cl)c3)n2)cc1. The molecule has 10 nitrogen and oxygen atoms in total. The minimum atomic E-state index is -0.285. The van der Waals surface area contributed by atoms with Crippen molar-refractivity contribution >= 4 is 34.4 Å². The zero-order valence-corrected chi connectivity index (χ0v) is 19.6. The number of nitrogens with one attached hydrogen (secondary N) is 1. The van der Waals surface area contributed by atoms with E-state index in [1.807, 2.05) is 24.3 Å². The van der Waals surface area contributed by atoms with Crippen LogP contribution in [0.5, 0.6) is 11.5 Å². The molecule has 0 aliphatic carbocycles. The summed E-state index contributed by atoms with van der Waals surface area (Å²) in [6.45, 7) is 0. The van der Waals surface area contributed by atoms with Gasteiger partial charge in [-0.25, -0.2) is 4.98 Å². The van der Waals surface area contributed by atoms with Crippen molar-refractivity contribution in [3.63, 3.8) is 0 Å². The Labute approximate surface area is 201 Å². The molecule has 3 aromatic heterocycles. The van der Waals surface area contributed by atoms with Gasteiger partial charge in [0.15, 0.2) is 10.8 Å². The second-order valence-corrected chi connectivity index (χ2v) is 8.36. The van der Waals surface area contributed by atoms with E-state index in [0.29, 0.717) is 50.1 Å². The summed E-state index contributed by atoms with van der Waals surface area (Å²) in [6.07, 6.45) is 1.44. The van der Waals surface area contributed by atoms with Gasteiger partial charge in [-0.1, -0.05) is 28.5 Å². The first-order valence-electron chi connectivity index (χ1n) is 9.97. The van der Waals surface area contributed by atoms with E-state index in [1.54, 1.807) is 25.3 Å². The van der Waals surface area contributed by atoms with Crippen LogP contribution >= 0.6 is 23.4 Å². The summed E-state index contributed by atoms with van der Waals surface area (Å²) < 4.78 is 17.3. The number of hydrogen-bond donors (Lipinski definition) is 1. The van der Waals surface area contributed by atoms with E-state index in [2.05, 4.69) is 25.3 Å². The molecule has 12 heteroatoms. The third kappa shape index (κ3) is 4.11. The van der Waals surface area contributed by atoms with E-state index in [4.69, 9.17) is 25.6 Å². The minimum absolute atomic E-state index is 0.285. The molecular formula is C22H17ClN6O4S. The second kappa shape index (κ2) is 9.20. The van der Waals surface area contributed by atoms with Crippen molar-refractivity contribution in [1.82, 2.24) is 29.9 Å². The first kappa shape index (κ1) is 22.0. The third-order valence-electron chi connectivity index (χ3n) is 4.99. The van der Waals surface area contributed by atoms with Crippen LogP contribution in [0.3, 0.4) is 0 Å². The fourth-order valence-corrected chi connectivity index (χ4v) is 4.39. The maximum absolute atomic E-state index is 13.2. The summed E-state index contributed by atoms with van der Waals surface area (Å²) in [4.78, 5) is 22.3. The van der Waals surface area contributed by atoms with Gasteiger partial charge < -0.3 is 14.0 Å². The first-order valence-corrected chi connectivity index (χ1v) is 11.3. The van der Waals surface area contributed by atoms with Crippen molar-refractivity contribution in [3.05, 3.63) is 69.9 Å². The van der Waals surface area contributed by atoms with Gasteiger partial charge in [-0.2, -0.15) is 10.1 Å². The second-order valence-electron chi connectivity index (χ2n) is 7.01. The number of aromatic amines is 1. The van der Waals surface area contributed by atoms with Gasteiger partial charge in [-0.15, -0.1) is 0 Å². The Morgan fingerprint density at radius 3 is 2.68 bits per heavy atom. The lowest BCUT2D eigenvalue weighted by atomic mass is 10.2. The van der Waals surface area contributed by atoms with Crippen LogP contribution in [0.25, 0.3) is 28.1 Å². The van der Waals surface area contributed by atoms with Crippen LogP contribution in [0.2, 0.25) is 5.02 Å². The molecular weight excluding hydrogens is 480 g/mol. The molecule has 0 saturated carbocycles. The molecule has 0 aliphatic heterocycles. The van der Waals surface area contributed by atoms with Gasteiger partial charge in [0.05, 0.1) is 36.9 Å². The van der Waals surface area contributed by atoms with E-state index in [1.165, 1.54) is 29.6 Å². The number of benzene rings is 2. The van der Waals surface area contributed by atoms with Crippen molar-refractivity contribution < 1.29 is 14.0 Å². The van der Waals surface area contributed by atoms with Crippen LogP contribution in [0, 0.1) is 0 Å². The van der Waals surface area contributed by atoms with Crippen molar-refractivity contribution in [2.45, 2.75) is 10.9 Å². The number of thioether (sulfide) groups is 1. The van der Waals surface area contributed by atoms with Crippen LogP contribution in [-0.2, 0) is 5.75 Å². The summed E-state index contributed by atoms with van der Waals surface area (Å²) in [6, 6.07) is 12.4. The molecule has 5 aromatic rings. The quantitative estimate of drug-likeness (QED) is 0.262. The van der Waals surface area contributed by atoms with Crippen LogP contribution < -0.4 is 15.0 Å². The number of aromatic nitrogens is 6. The monoisotopic (exact) mass is 496 g/mol. The van der Waals surface area contributed by atoms with Gasteiger partial charge in [-0.3, -0.25) is 14.5 Å². The summed E-state index contributed by atoms with van der Waals surface area (Å²) in [5.74, 6) is 2.37. The Bertz CT molecular complexity index is 1530. The Balaban J connectivity index is 1.47. The molecule has 0 bridgehead atoms. The van der Waals surface area contributed by atoms with Gasteiger partial charge >= 0.3 is 0 Å². The standard InChI is InChI=1S/C22H17ClN6O4S/c1-31-14-6-3-12(4-7-14)19-25-18(33-28-19)11-34-22-26-20-15(10-24-27-20)21(30)29(22)13-5-8-17(32-2)16(23)9-13/h3-10H,11H2,1-2H3,(H,24,27). The molecule has 0 atom stereocenters. The van der Waals surface area contributed by atoms with E-state index in [9.17, 15) is 4.79 Å². The molecule has 5 rings (SSSR count). The predicted molar refractivity (Wildman–Crippen MR) is 127 cm³/mol. The topological polar surface area (TPSA) is 121 Å². The average molecular weight is 497 g/mol. The van der Waals surface area contributed by atoms with Crippen LogP contribution in [0.15, 0.2) is 63.1 Å². The lowest BCUT2D eigenvalue weighted by Gasteiger charge is -2.12. The van der Waals surface area contributed by atoms with Crippen LogP contribution in [-0.4, -0.2) is 44.1 Å². The zero-order chi connectivity index (χ0) is 23.7. The van der Waals surface area contributed by atoms with Gasteiger partial charge in [0.25, 0.3) is 5.56 Å². The number of nitrogens with zero attached hydrogens (tertiary/aromatic N) is 5. The van der Waals surface area contributed by atoms with Gasteiger partial charge in [-0.05, 0) is 42.5 Å². The fraction of sp³-hybridized carbons (Fsp3) is 0.136. The average Bonchev–Trinajstić information content (AvgIpc) is 3.53. The highest BCUT2D eigenvalue weighted by molar-refractivity contribution is 7.98. The molecule has 2 aromatic carbocycles. The number of H-pyrrole nitrogens is 1. The maximum atomic E-state index is 13.2. The van der Waals surface area contributed by atoms with Crippen LogP contribution in [0.4, 0.5) is 0 Å². The van der Waals surface area contributed by atoms with Crippen molar-refractivity contribution in [2.75, 3.05) is 14.2 Å². The maximum Gasteiger partial charge on any atom is 0.269 e. The van der Waals surface area contributed by atoms with Crippen LogP contribution in [0.1, 0.15) is 5.89 Å². The molecule has 0 aliphatic rings. The van der Waals surface area contributed by atoms with Crippen molar-refractivity contribution in [3.8, 4) is 28.6 Å². The highest BCUT2D eigenvalue weighted by Crippen LogP contribution is 2.29. The molecule has 0 unspecified atom stereocenters. The molecule has 0 spiro atoms. The van der Waals surface area contributed by atoms with E-state index in [0.717, 1.165) is 11.3 Å². The number of methoxy groups -OCH3 is 2. The number of hydrogen-bond acceptors (Lipinski definition) is 9. The Kier molecular flexibility index (Phi) is 5.95. The lowest BCUT2D eigenvalue weighted by molar-refractivity contribution is 0.391. The summed E-state index contributed by atoms with van der Waals surface area (Å²) in [5, 5.41) is 11.9. The molecule has 0 radical (unpaired) electrons. The fourth-order valence-electron chi connectivity index (χ4n) is 3.29. The Hall–Kier alpha value is -3.83. The predicted octanol–water partition coefficient (Wildman–Crippen LogP) is 4.12.